The van der Waals surface area contributed by atoms with Crippen LogP contribution in [0.1, 0.15) is 31.2 Å². The summed E-state index contributed by atoms with van der Waals surface area (Å²) in [4.78, 5) is 14.8. The summed E-state index contributed by atoms with van der Waals surface area (Å²) in [6, 6.07) is 6.41. The molecule has 1 fully saturated rings. The molecule has 7 heteroatoms. The van der Waals surface area contributed by atoms with E-state index in [9.17, 15) is 9.18 Å². The number of aromatic nitrogens is 2. The van der Waals surface area contributed by atoms with E-state index in [1.54, 1.807) is 18.2 Å². The maximum atomic E-state index is 13.7. The highest BCUT2D eigenvalue weighted by Crippen LogP contribution is 2.23. The van der Waals surface area contributed by atoms with E-state index in [1.165, 1.54) is 6.07 Å². The van der Waals surface area contributed by atoms with Crippen molar-refractivity contribution in [2.24, 2.45) is 11.8 Å². The molecule has 2 aromatic rings. The van der Waals surface area contributed by atoms with Crippen molar-refractivity contribution in [3.8, 4) is 5.75 Å². The summed E-state index contributed by atoms with van der Waals surface area (Å²) >= 11 is 6.21. The Balaban J connectivity index is 1.56. The van der Waals surface area contributed by atoms with Crippen molar-refractivity contribution in [1.82, 2.24) is 14.7 Å². The van der Waals surface area contributed by atoms with Crippen LogP contribution in [0.5, 0.6) is 5.75 Å². The highest BCUT2D eigenvalue weighted by molar-refractivity contribution is 6.31. The van der Waals surface area contributed by atoms with Gasteiger partial charge in [0.1, 0.15) is 0 Å². The van der Waals surface area contributed by atoms with Crippen LogP contribution in [-0.4, -0.2) is 40.3 Å². The van der Waals surface area contributed by atoms with Crippen molar-refractivity contribution in [2.45, 2.75) is 40.2 Å². The van der Waals surface area contributed by atoms with Gasteiger partial charge < -0.3 is 9.64 Å². The van der Waals surface area contributed by atoms with Gasteiger partial charge in [0.15, 0.2) is 11.6 Å². The molecule has 152 valence electrons. The number of rotatable bonds is 6. The molecule has 0 spiro atoms. The second-order valence-corrected chi connectivity index (χ2v) is 7.98. The van der Waals surface area contributed by atoms with E-state index < -0.39 is 0 Å². The topological polar surface area (TPSA) is 47.4 Å². The van der Waals surface area contributed by atoms with Crippen LogP contribution < -0.4 is 4.74 Å². The number of ether oxygens (including phenoxy) is 1. The minimum absolute atomic E-state index is 0.110. The van der Waals surface area contributed by atoms with E-state index in [1.807, 2.05) is 30.4 Å². The number of benzene rings is 1. The Hall–Kier alpha value is -2.08. The van der Waals surface area contributed by atoms with Crippen LogP contribution in [-0.2, 0) is 11.3 Å². The third-order valence-electron chi connectivity index (χ3n) is 5.30. The monoisotopic (exact) mass is 407 g/mol. The highest BCUT2D eigenvalue weighted by Gasteiger charge is 2.28. The van der Waals surface area contributed by atoms with Crippen LogP contribution in [0.15, 0.2) is 24.3 Å². The fraction of sp³-hybridized carbons (Fsp3) is 0.524. The lowest BCUT2D eigenvalue weighted by molar-refractivity contribution is -0.137. The molecule has 1 amide bonds. The smallest absolute Gasteiger partial charge is 0.227 e. The molecule has 0 saturated carbocycles. The van der Waals surface area contributed by atoms with Gasteiger partial charge in [-0.15, -0.1) is 0 Å². The van der Waals surface area contributed by atoms with Gasteiger partial charge in [-0.05, 0) is 38.8 Å². The van der Waals surface area contributed by atoms with Crippen molar-refractivity contribution >= 4 is 17.5 Å². The molecule has 5 nitrogen and oxygen atoms in total. The Morgan fingerprint density at radius 1 is 1.39 bits per heavy atom. The highest BCUT2D eigenvalue weighted by atomic mass is 35.5. The predicted octanol–water partition coefficient (Wildman–Crippen LogP) is 4.25. The van der Waals surface area contributed by atoms with Crippen LogP contribution in [0.4, 0.5) is 4.39 Å². The summed E-state index contributed by atoms with van der Waals surface area (Å²) < 4.78 is 21.2. The van der Waals surface area contributed by atoms with Crippen molar-refractivity contribution < 1.29 is 13.9 Å². The van der Waals surface area contributed by atoms with E-state index in [0.29, 0.717) is 24.7 Å². The van der Waals surface area contributed by atoms with Gasteiger partial charge in [0.05, 0.1) is 35.5 Å². The van der Waals surface area contributed by atoms with E-state index in [2.05, 4.69) is 5.10 Å². The minimum atomic E-state index is -0.358. The molecular weight excluding hydrogens is 381 g/mol. The number of piperidine rings is 1. The lowest BCUT2D eigenvalue weighted by Crippen LogP contribution is -2.44. The molecule has 2 heterocycles. The fourth-order valence-electron chi connectivity index (χ4n) is 3.67. The second kappa shape index (κ2) is 8.95. The molecule has 1 aliphatic rings. The number of aryl methyl sites for hydroxylation is 1. The van der Waals surface area contributed by atoms with E-state index in [-0.39, 0.29) is 29.3 Å². The summed E-state index contributed by atoms with van der Waals surface area (Å²) in [5, 5.41) is 5.08. The number of hydrogen-bond donors (Lipinski definition) is 0. The third-order valence-corrected chi connectivity index (χ3v) is 5.85. The molecule has 0 aliphatic carbocycles. The number of halogens is 2. The summed E-state index contributed by atoms with van der Waals surface area (Å²) in [5.41, 5.74) is 1.66. The van der Waals surface area contributed by atoms with Crippen molar-refractivity contribution in [1.29, 1.82) is 0 Å². The zero-order chi connectivity index (χ0) is 20.3. The van der Waals surface area contributed by atoms with Gasteiger partial charge in [0, 0.05) is 19.0 Å². The molecule has 0 unspecified atom stereocenters. The van der Waals surface area contributed by atoms with Crippen LogP contribution in [0, 0.1) is 31.5 Å². The van der Waals surface area contributed by atoms with Crippen molar-refractivity contribution in [3.63, 3.8) is 0 Å². The number of amides is 1. The number of carbonyl (C=O) groups is 1. The first-order valence-electron chi connectivity index (χ1n) is 9.72. The zero-order valence-electron chi connectivity index (χ0n) is 16.6. The number of nitrogens with zero attached hydrogens (tertiary/aromatic N) is 3. The quantitative estimate of drug-likeness (QED) is 0.719. The maximum absolute atomic E-state index is 13.7. The van der Waals surface area contributed by atoms with E-state index in [0.717, 1.165) is 30.8 Å². The van der Waals surface area contributed by atoms with Crippen molar-refractivity contribution in [2.75, 3.05) is 19.7 Å². The largest absolute Gasteiger partial charge is 0.490 e. The number of para-hydroxylation sites is 1. The van der Waals surface area contributed by atoms with Crippen LogP contribution in [0.25, 0.3) is 0 Å². The second-order valence-electron chi connectivity index (χ2n) is 7.60. The normalized spacial score (nSPS) is 18.2. The van der Waals surface area contributed by atoms with Gasteiger partial charge in [-0.2, -0.15) is 5.10 Å². The molecule has 1 aliphatic heterocycles. The van der Waals surface area contributed by atoms with Crippen LogP contribution in [0.2, 0.25) is 5.02 Å². The lowest BCUT2D eigenvalue weighted by Gasteiger charge is -2.34. The molecule has 3 rings (SSSR count). The summed E-state index contributed by atoms with van der Waals surface area (Å²) in [6.07, 6.45) is 1.90. The molecule has 0 radical (unpaired) electrons. The molecule has 1 saturated heterocycles. The average Bonchev–Trinajstić information content (AvgIpc) is 2.93. The summed E-state index contributed by atoms with van der Waals surface area (Å²) in [5.74, 6) is 0.0244. The van der Waals surface area contributed by atoms with E-state index in [4.69, 9.17) is 16.3 Å². The Labute approximate surface area is 170 Å². The molecular formula is C21H27ClFN3O2. The molecule has 2 atom stereocenters. The Morgan fingerprint density at radius 3 is 2.82 bits per heavy atom. The zero-order valence-corrected chi connectivity index (χ0v) is 17.4. The first kappa shape index (κ1) is 20.6. The Bertz CT molecular complexity index is 839. The average molecular weight is 408 g/mol. The number of hydrogen-bond acceptors (Lipinski definition) is 3. The molecule has 0 N–H and O–H groups in total. The third kappa shape index (κ3) is 4.66. The maximum Gasteiger partial charge on any atom is 0.227 e. The van der Waals surface area contributed by atoms with Gasteiger partial charge in [-0.25, -0.2) is 4.39 Å². The van der Waals surface area contributed by atoms with Gasteiger partial charge in [0.25, 0.3) is 0 Å². The lowest BCUT2D eigenvalue weighted by atomic mass is 9.97. The minimum Gasteiger partial charge on any atom is -0.490 e. The first-order valence-corrected chi connectivity index (χ1v) is 10.1. The van der Waals surface area contributed by atoms with Crippen LogP contribution in [0.3, 0.4) is 0 Å². The molecule has 0 bridgehead atoms. The summed E-state index contributed by atoms with van der Waals surface area (Å²) in [6.45, 7) is 8.00. The molecule has 28 heavy (non-hydrogen) atoms. The van der Waals surface area contributed by atoms with Gasteiger partial charge in [0.2, 0.25) is 5.91 Å². The molecule has 1 aromatic carbocycles. The van der Waals surface area contributed by atoms with Gasteiger partial charge >= 0.3 is 0 Å². The Morgan fingerprint density at radius 2 is 2.14 bits per heavy atom. The fourth-order valence-corrected chi connectivity index (χ4v) is 3.81. The summed E-state index contributed by atoms with van der Waals surface area (Å²) in [7, 11) is 0. The van der Waals surface area contributed by atoms with Gasteiger partial charge in [-0.1, -0.05) is 30.7 Å². The SMILES string of the molecule is Cc1nn(C[C@H](C)C(=O)N2CCC[C@@H](COc3ccccc3F)C2)c(C)c1Cl. The van der Waals surface area contributed by atoms with Crippen molar-refractivity contribution in [3.05, 3.63) is 46.5 Å². The number of carbonyl (C=O) groups excluding carboxylic acids is 1. The molecule has 1 aromatic heterocycles. The Kier molecular flexibility index (Phi) is 6.60. The van der Waals surface area contributed by atoms with Gasteiger partial charge in [-0.3, -0.25) is 9.48 Å². The number of likely N-dealkylation sites (tertiary alicyclic amines) is 1. The first-order chi connectivity index (χ1) is 13.4. The van der Waals surface area contributed by atoms with E-state index >= 15 is 0 Å². The standard InChI is InChI=1S/C21H27ClFN3O2/c1-14(11-26-16(3)20(22)15(2)24-26)21(27)25-10-6-7-17(12-25)13-28-19-9-5-4-8-18(19)23/h4-5,8-9,14,17H,6-7,10-13H2,1-3H3/t14-,17+/m0/s1. The van der Waals surface area contributed by atoms with Crippen LogP contribution >= 0.6 is 11.6 Å². The predicted molar refractivity (Wildman–Crippen MR) is 107 cm³/mol.